The van der Waals surface area contributed by atoms with Crippen LogP contribution in [0.2, 0.25) is 0 Å². The standard InChI is InChI=1S/C19H22N2O5S/c1-13(2)21(12-18(22)23)19(24)15-5-4-6-17(11-15)27(25,26)20-16-9-7-14(3)8-10-16/h4-11,13,20H,12H2,1-3H3,(H,22,23). The molecule has 0 aliphatic rings. The molecule has 0 heterocycles. The van der Waals surface area contributed by atoms with E-state index in [-0.39, 0.29) is 16.5 Å². The number of carbonyl (C=O) groups excluding carboxylic acids is 1. The fourth-order valence-corrected chi connectivity index (χ4v) is 3.54. The predicted octanol–water partition coefficient (Wildman–Crippen LogP) is 2.73. The maximum absolute atomic E-state index is 12.6. The Morgan fingerprint density at radius 1 is 1.11 bits per heavy atom. The number of nitrogens with zero attached hydrogens (tertiary/aromatic N) is 1. The van der Waals surface area contributed by atoms with Crippen LogP contribution in [0.25, 0.3) is 0 Å². The van der Waals surface area contributed by atoms with Crippen molar-refractivity contribution in [2.75, 3.05) is 11.3 Å². The highest BCUT2D eigenvalue weighted by Crippen LogP contribution is 2.19. The van der Waals surface area contributed by atoms with Crippen molar-refractivity contribution < 1.29 is 23.1 Å². The summed E-state index contributed by atoms with van der Waals surface area (Å²) in [4.78, 5) is 24.7. The van der Waals surface area contributed by atoms with Crippen molar-refractivity contribution in [3.05, 3.63) is 59.7 Å². The van der Waals surface area contributed by atoms with Crippen LogP contribution in [-0.2, 0) is 14.8 Å². The van der Waals surface area contributed by atoms with Crippen molar-refractivity contribution in [1.82, 2.24) is 4.90 Å². The van der Waals surface area contributed by atoms with Crippen LogP contribution in [0.15, 0.2) is 53.4 Å². The van der Waals surface area contributed by atoms with Crippen LogP contribution in [0.4, 0.5) is 5.69 Å². The number of nitrogens with one attached hydrogen (secondary N) is 1. The molecule has 8 heteroatoms. The minimum absolute atomic E-state index is 0.0760. The first-order valence-corrected chi connectivity index (χ1v) is 9.81. The number of carboxylic acid groups (broad SMARTS) is 1. The van der Waals surface area contributed by atoms with Crippen LogP contribution in [0.1, 0.15) is 29.8 Å². The van der Waals surface area contributed by atoms with E-state index in [1.165, 1.54) is 29.2 Å². The van der Waals surface area contributed by atoms with Crippen LogP contribution >= 0.6 is 0 Å². The first kappa shape index (κ1) is 20.4. The molecule has 0 fully saturated rings. The van der Waals surface area contributed by atoms with Gasteiger partial charge in [-0.3, -0.25) is 14.3 Å². The number of aryl methyl sites for hydroxylation is 1. The highest BCUT2D eigenvalue weighted by atomic mass is 32.2. The van der Waals surface area contributed by atoms with Gasteiger partial charge in [-0.1, -0.05) is 23.8 Å². The molecule has 2 N–H and O–H groups in total. The van der Waals surface area contributed by atoms with Crippen LogP contribution in [0.3, 0.4) is 0 Å². The third-order valence-corrected chi connectivity index (χ3v) is 5.26. The fraction of sp³-hybridized carbons (Fsp3) is 0.263. The summed E-state index contributed by atoms with van der Waals surface area (Å²) < 4.78 is 27.7. The molecule has 2 aromatic rings. The molecule has 7 nitrogen and oxygen atoms in total. The maximum atomic E-state index is 12.6. The molecule has 2 aromatic carbocycles. The predicted molar refractivity (Wildman–Crippen MR) is 102 cm³/mol. The van der Waals surface area contributed by atoms with Gasteiger partial charge < -0.3 is 10.0 Å². The molecule has 0 radical (unpaired) electrons. The Balaban J connectivity index is 2.31. The van der Waals surface area contributed by atoms with Gasteiger partial charge in [-0.15, -0.1) is 0 Å². The molecule has 0 bridgehead atoms. The van der Waals surface area contributed by atoms with E-state index in [2.05, 4.69) is 4.72 Å². The smallest absolute Gasteiger partial charge is 0.323 e. The number of hydrogen-bond acceptors (Lipinski definition) is 4. The zero-order valence-corrected chi connectivity index (χ0v) is 16.2. The molecule has 144 valence electrons. The average Bonchev–Trinajstić information content (AvgIpc) is 2.60. The monoisotopic (exact) mass is 390 g/mol. The van der Waals surface area contributed by atoms with Gasteiger partial charge in [0.25, 0.3) is 15.9 Å². The van der Waals surface area contributed by atoms with E-state index in [0.717, 1.165) is 5.56 Å². The third kappa shape index (κ3) is 5.30. The lowest BCUT2D eigenvalue weighted by atomic mass is 10.1. The van der Waals surface area contributed by atoms with Crippen molar-refractivity contribution in [1.29, 1.82) is 0 Å². The normalized spacial score (nSPS) is 11.3. The molecular formula is C19H22N2O5S. The molecule has 0 unspecified atom stereocenters. The number of amides is 1. The van der Waals surface area contributed by atoms with E-state index >= 15 is 0 Å². The average molecular weight is 390 g/mol. The third-order valence-electron chi connectivity index (χ3n) is 3.88. The van der Waals surface area contributed by atoms with Gasteiger partial charge in [0.1, 0.15) is 6.54 Å². The quantitative estimate of drug-likeness (QED) is 0.756. The molecule has 1 amide bonds. The van der Waals surface area contributed by atoms with Crippen LogP contribution in [0, 0.1) is 6.92 Å². The van der Waals surface area contributed by atoms with Crippen molar-refractivity contribution in [3.8, 4) is 0 Å². The second kappa shape index (κ2) is 8.22. The number of sulfonamides is 1. The van der Waals surface area contributed by atoms with Crippen LogP contribution < -0.4 is 4.72 Å². The van der Waals surface area contributed by atoms with E-state index in [1.807, 2.05) is 6.92 Å². The van der Waals surface area contributed by atoms with Crippen LogP contribution in [0.5, 0.6) is 0 Å². The highest BCUT2D eigenvalue weighted by Gasteiger charge is 2.23. The summed E-state index contributed by atoms with van der Waals surface area (Å²) in [5.41, 5.74) is 1.52. The van der Waals surface area contributed by atoms with Gasteiger partial charge in [-0.25, -0.2) is 8.42 Å². The van der Waals surface area contributed by atoms with Gasteiger partial charge in [0.2, 0.25) is 0 Å². The van der Waals surface area contributed by atoms with E-state index in [0.29, 0.717) is 5.69 Å². The summed E-state index contributed by atoms with van der Waals surface area (Å²) in [5, 5.41) is 9.00. The number of hydrogen-bond donors (Lipinski definition) is 2. The van der Waals surface area contributed by atoms with E-state index in [9.17, 15) is 18.0 Å². The molecule has 0 aliphatic carbocycles. The second-order valence-electron chi connectivity index (χ2n) is 6.42. The lowest BCUT2D eigenvalue weighted by molar-refractivity contribution is -0.138. The Bertz CT molecular complexity index is 937. The number of anilines is 1. The molecule has 0 aliphatic heterocycles. The summed E-state index contributed by atoms with van der Waals surface area (Å²) in [6, 6.07) is 12.1. The molecule has 0 atom stereocenters. The lowest BCUT2D eigenvalue weighted by Gasteiger charge is -2.25. The lowest BCUT2D eigenvalue weighted by Crippen LogP contribution is -2.40. The van der Waals surface area contributed by atoms with Crippen molar-refractivity contribution in [2.45, 2.75) is 31.7 Å². The Morgan fingerprint density at radius 2 is 1.74 bits per heavy atom. The molecule has 0 spiro atoms. The Morgan fingerprint density at radius 3 is 2.30 bits per heavy atom. The molecular weight excluding hydrogens is 368 g/mol. The molecule has 0 aromatic heterocycles. The Hall–Kier alpha value is -2.87. The fourth-order valence-electron chi connectivity index (χ4n) is 2.43. The minimum Gasteiger partial charge on any atom is -0.480 e. The number of carbonyl (C=O) groups is 2. The van der Waals surface area contributed by atoms with Crippen molar-refractivity contribution in [2.24, 2.45) is 0 Å². The summed E-state index contributed by atoms with van der Waals surface area (Å²) in [5.74, 6) is -1.68. The van der Waals surface area contributed by atoms with E-state index in [1.54, 1.807) is 38.1 Å². The van der Waals surface area contributed by atoms with Crippen molar-refractivity contribution in [3.63, 3.8) is 0 Å². The maximum Gasteiger partial charge on any atom is 0.323 e. The van der Waals surface area contributed by atoms with Gasteiger partial charge in [0.15, 0.2) is 0 Å². The first-order valence-electron chi connectivity index (χ1n) is 8.32. The zero-order valence-electron chi connectivity index (χ0n) is 15.3. The molecule has 2 rings (SSSR count). The molecule has 0 saturated heterocycles. The Labute approximate surface area is 158 Å². The topological polar surface area (TPSA) is 104 Å². The van der Waals surface area contributed by atoms with E-state index < -0.39 is 28.4 Å². The molecule has 27 heavy (non-hydrogen) atoms. The number of aliphatic carboxylic acids is 1. The van der Waals surface area contributed by atoms with Crippen LogP contribution in [-0.4, -0.2) is 42.9 Å². The Kier molecular flexibility index (Phi) is 6.22. The summed E-state index contributed by atoms with van der Waals surface area (Å²) in [7, 11) is -3.89. The van der Waals surface area contributed by atoms with E-state index in [4.69, 9.17) is 5.11 Å². The van der Waals surface area contributed by atoms with Gasteiger partial charge in [0, 0.05) is 17.3 Å². The van der Waals surface area contributed by atoms with Gasteiger partial charge in [-0.2, -0.15) is 0 Å². The molecule has 0 saturated carbocycles. The first-order chi connectivity index (χ1) is 12.6. The largest absolute Gasteiger partial charge is 0.480 e. The van der Waals surface area contributed by atoms with Gasteiger partial charge in [0.05, 0.1) is 4.90 Å². The summed E-state index contributed by atoms with van der Waals surface area (Å²) >= 11 is 0. The zero-order chi connectivity index (χ0) is 20.2. The number of carboxylic acids is 1. The minimum atomic E-state index is -3.89. The van der Waals surface area contributed by atoms with Gasteiger partial charge >= 0.3 is 5.97 Å². The summed E-state index contributed by atoms with van der Waals surface area (Å²) in [6.07, 6.45) is 0. The highest BCUT2D eigenvalue weighted by molar-refractivity contribution is 7.92. The van der Waals surface area contributed by atoms with Gasteiger partial charge in [-0.05, 0) is 51.1 Å². The van der Waals surface area contributed by atoms with Crippen molar-refractivity contribution >= 4 is 27.6 Å². The number of rotatable bonds is 7. The second-order valence-corrected chi connectivity index (χ2v) is 8.10. The SMILES string of the molecule is Cc1ccc(NS(=O)(=O)c2cccc(C(=O)N(CC(=O)O)C(C)C)c2)cc1. The summed E-state index contributed by atoms with van der Waals surface area (Å²) in [6.45, 7) is 4.82. The number of benzene rings is 2.